The van der Waals surface area contributed by atoms with Gasteiger partial charge in [-0.15, -0.1) is 0 Å². The lowest BCUT2D eigenvalue weighted by atomic mass is 10.1. The number of amides is 2. The van der Waals surface area contributed by atoms with Gasteiger partial charge in [0.2, 0.25) is 0 Å². The predicted molar refractivity (Wildman–Crippen MR) is 92.6 cm³/mol. The molecule has 2 aromatic heterocycles. The number of aromatic nitrogens is 2. The second-order valence-corrected chi connectivity index (χ2v) is 5.56. The van der Waals surface area contributed by atoms with Gasteiger partial charge in [0, 0.05) is 18.3 Å². The quantitative estimate of drug-likeness (QED) is 0.693. The molecule has 0 aliphatic carbocycles. The lowest BCUT2D eigenvalue weighted by molar-refractivity contribution is 0.0880. The summed E-state index contributed by atoms with van der Waals surface area (Å²) < 4.78 is 6.86. The zero-order valence-electron chi connectivity index (χ0n) is 13.3. The molecule has 0 saturated heterocycles. The van der Waals surface area contributed by atoms with Gasteiger partial charge < -0.3 is 10.5 Å². The first-order valence-corrected chi connectivity index (χ1v) is 7.64. The van der Waals surface area contributed by atoms with E-state index < -0.39 is 17.4 Å². The van der Waals surface area contributed by atoms with Gasteiger partial charge >= 0.3 is 0 Å². The summed E-state index contributed by atoms with van der Waals surface area (Å²) in [6, 6.07) is 11.2. The van der Waals surface area contributed by atoms with Crippen molar-refractivity contribution >= 4 is 17.6 Å². The van der Waals surface area contributed by atoms with Crippen LogP contribution in [0.25, 0.3) is 5.69 Å². The number of nitrogens with one attached hydrogen (secondary N) is 1. The SMILES string of the molecule is Nc1c2c(cc(=O)n1-c1cccc(Oc3cccnc3)c1)C(=O)NC2=O. The van der Waals surface area contributed by atoms with Gasteiger partial charge in [-0.3, -0.25) is 29.3 Å². The van der Waals surface area contributed by atoms with Crippen LogP contribution in [0.15, 0.2) is 59.7 Å². The molecule has 0 radical (unpaired) electrons. The summed E-state index contributed by atoms with van der Waals surface area (Å²) in [4.78, 5) is 40.1. The van der Waals surface area contributed by atoms with Crippen molar-refractivity contribution in [3.05, 3.63) is 76.3 Å². The maximum absolute atomic E-state index is 12.5. The van der Waals surface area contributed by atoms with Crippen LogP contribution in [0.1, 0.15) is 20.7 Å². The molecule has 4 rings (SSSR count). The molecule has 0 fully saturated rings. The Balaban J connectivity index is 1.81. The van der Waals surface area contributed by atoms with E-state index in [-0.39, 0.29) is 16.9 Å². The van der Waals surface area contributed by atoms with E-state index >= 15 is 0 Å². The number of ether oxygens (including phenoxy) is 1. The second-order valence-electron chi connectivity index (χ2n) is 5.56. The number of nitrogen functional groups attached to an aromatic ring is 1. The summed E-state index contributed by atoms with van der Waals surface area (Å²) in [5.41, 5.74) is 5.88. The van der Waals surface area contributed by atoms with Gasteiger partial charge in [0.1, 0.15) is 17.3 Å². The first-order chi connectivity index (χ1) is 12.5. The number of carbonyl (C=O) groups is 2. The zero-order valence-corrected chi connectivity index (χ0v) is 13.3. The lowest BCUT2D eigenvalue weighted by Gasteiger charge is -2.13. The number of pyridine rings is 2. The minimum atomic E-state index is -0.630. The molecule has 0 bridgehead atoms. The van der Waals surface area contributed by atoms with Crippen molar-refractivity contribution in [2.24, 2.45) is 0 Å². The third-order valence-corrected chi connectivity index (χ3v) is 3.90. The first-order valence-electron chi connectivity index (χ1n) is 7.64. The average Bonchev–Trinajstić information content (AvgIpc) is 2.90. The molecule has 3 aromatic rings. The topological polar surface area (TPSA) is 116 Å². The number of hydrogen-bond acceptors (Lipinski definition) is 6. The number of rotatable bonds is 3. The van der Waals surface area contributed by atoms with Crippen LogP contribution in [0, 0.1) is 0 Å². The highest BCUT2D eigenvalue weighted by molar-refractivity contribution is 6.23. The molecule has 0 atom stereocenters. The Kier molecular flexibility index (Phi) is 3.51. The van der Waals surface area contributed by atoms with Gasteiger partial charge in [-0.1, -0.05) is 6.07 Å². The molecule has 0 saturated carbocycles. The fraction of sp³-hybridized carbons (Fsp3) is 0. The molecule has 3 heterocycles. The molecule has 0 spiro atoms. The molecule has 8 heteroatoms. The van der Waals surface area contributed by atoms with E-state index in [4.69, 9.17) is 10.5 Å². The molecule has 2 amide bonds. The molecular formula is C18H12N4O4. The maximum Gasteiger partial charge on any atom is 0.262 e. The van der Waals surface area contributed by atoms with Crippen LogP contribution < -0.4 is 21.3 Å². The number of nitrogens with two attached hydrogens (primary N) is 1. The van der Waals surface area contributed by atoms with Crippen LogP contribution >= 0.6 is 0 Å². The molecular weight excluding hydrogens is 336 g/mol. The fourth-order valence-corrected chi connectivity index (χ4v) is 2.78. The molecule has 1 aliphatic rings. The number of fused-ring (bicyclic) bond motifs is 1. The van der Waals surface area contributed by atoms with Crippen LogP contribution in [0.2, 0.25) is 0 Å². The Morgan fingerprint density at radius 3 is 2.58 bits per heavy atom. The van der Waals surface area contributed by atoms with Crippen LogP contribution in [0.5, 0.6) is 11.5 Å². The third-order valence-electron chi connectivity index (χ3n) is 3.90. The Morgan fingerprint density at radius 2 is 1.81 bits per heavy atom. The molecule has 3 N–H and O–H groups in total. The van der Waals surface area contributed by atoms with E-state index in [1.165, 1.54) is 0 Å². The van der Waals surface area contributed by atoms with E-state index in [1.807, 2.05) is 0 Å². The van der Waals surface area contributed by atoms with Gasteiger partial charge in [-0.05, 0) is 24.3 Å². The largest absolute Gasteiger partial charge is 0.456 e. The number of anilines is 1. The van der Waals surface area contributed by atoms with Crippen LogP contribution in [-0.2, 0) is 0 Å². The smallest absolute Gasteiger partial charge is 0.262 e. The second kappa shape index (κ2) is 5.85. The van der Waals surface area contributed by atoms with Gasteiger partial charge in [-0.2, -0.15) is 0 Å². The van der Waals surface area contributed by atoms with E-state index in [0.29, 0.717) is 17.2 Å². The summed E-state index contributed by atoms with van der Waals surface area (Å²) >= 11 is 0. The number of carbonyl (C=O) groups excluding carboxylic acids is 2. The Morgan fingerprint density at radius 1 is 1.00 bits per heavy atom. The molecule has 1 aliphatic heterocycles. The van der Waals surface area contributed by atoms with E-state index in [0.717, 1.165) is 10.6 Å². The lowest BCUT2D eigenvalue weighted by Crippen LogP contribution is -2.24. The van der Waals surface area contributed by atoms with E-state index in [2.05, 4.69) is 10.3 Å². The maximum atomic E-state index is 12.5. The third kappa shape index (κ3) is 2.49. The number of benzene rings is 1. The van der Waals surface area contributed by atoms with Crippen LogP contribution in [-0.4, -0.2) is 21.4 Å². The predicted octanol–water partition coefficient (Wildman–Crippen LogP) is 1.49. The number of hydrogen-bond donors (Lipinski definition) is 2. The highest BCUT2D eigenvalue weighted by Gasteiger charge is 2.31. The summed E-state index contributed by atoms with van der Waals surface area (Å²) in [6.45, 7) is 0. The molecule has 26 heavy (non-hydrogen) atoms. The van der Waals surface area contributed by atoms with E-state index in [9.17, 15) is 14.4 Å². The van der Waals surface area contributed by atoms with Gasteiger partial charge in [-0.25, -0.2) is 0 Å². The minimum Gasteiger partial charge on any atom is -0.456 e. The van der Waals surface area contributed by atoms with Crippen molar-refractivity contribution in [2.45, 2.75) is 0 Å². The molecule has 8 nitrogen and oxygen atoms in total. The van der Waals surface area contributed by atoms with Crippen molar-refractivity contribution < 1.29 is 14.3 Å². The van der Waals surface area contributed by atoms with Gasteiger partial charge in [0.15, 0.2) is 0 Å². The summed E-state index contributed by atoms with van der Waals surface area (Å²) in [5.74, 6) is -0.366. The normalized spacial score (nSPS) is 12.6. The van der Waals surface area contributed by atoms with Gasteiger partial charge in [0.25, 0.3) is 17.4 Å². The molecule has 0 unspecified atom stereocenters. The van der Waals surface area contributed by atoms with Gasteiger partial charge in [0.05, 0.1) is 23.0 Å². The van der Waals surface area contributed by atoms with Crippen molar-refractivity contribution in [1.82, 2.24) is 14.9 Å². The van der Waals surface area contributed by atoms with Crippen LogP contribution in [0.3, 0.4) is 0 Å². The van der Waals surface area contributed by atoms with Crippen molar-refractivity contribution in [1.29, 1.82) is 0 Å². The first kappa shape index (κ1) is 15.6. The fourth-order valence-electron chi connectivity index (χ4n) is 2.78. The molecule has 128 valence electrons. The van der Waals surface area contributed by atoms with Crippen molar-refractivity contribution in [3.8, 4) is 17.2 Å². The summed E-state index contributed by atoms with van der Waals surface area (Å²) in [6.07, 6.45) is 3.18. The summed E-state index contributed by atoms with van der Waals surface area (Å²) in [7, 11) is 0. The molecule has 1 aromatic carbocycles. The van der Waals surface area contributed by atoms with Crippen LogP contribution in [0.4, 0.5) is 5.82 Å². The highest BCUT2D eigenvalue weighted by atomic mass is 16.5. The zero-order chi connectivity index (χ0) is 18.3. The average molecular weight is 348 g/mol. The number of nitrogens with zero attached hydrogens (tertiary/aromatic N) is 2. The standard InChI is InChI=1S/C18H12N4O4/c19-16-15-13(17(24)21-18(15)25)8-14(23)22(16)10-3-1-4-11(7-10)26-12-5-2-6-20-9-12/h1-9H,19H2,(H,21,24,25). The van der Waals surface area contributed by atoms with Crippen molar-refractivity contribution in [2.75, 3.05) is 5.73 Å². The highest BCUT2D eigenvalue weighted by Crippen LogP contribution is 2.26. The Labute approximate surface area is 146 Å². The van der Waals surface area contributed by atoms with E-state index in [1.54, 1.807) is 48.8 Å². The Bertz CT molecular complexity index is 1110. The minimum absolute atomic E-state index is 0.00631. The van der Waals surface area contributed by atoms with Crippen molar-refractivity contribution in [3.63, 3.8) is 0 Å². The number of imide groups is 1. The monoisotopic (exact) mass is 348 g/mol. The Hall–Kier alpha value is -3.94. The summed E-state index contributed by atoms with van der Waals surface area (Å²) in [5, 5.41) is 2.13.